The summed E-state index contributed by atoms with van der Waals surface area (Å²) in [6.45, 7) is 1.50. The van der Waals surface area contributed by atoms with Crippen LogP contribution in [0.5, 0.6) is 0 Å². The Balaban J connectivity index is 2.53. The maximum absolute atomic E-state index is 13.3. The molecule has 0 N–H and O–H groups in total. The molecule has 0 atom stereocenters. The summed E-state index contributed by atoms with van der Waals surface area (Å²) in [6.07, 6.45) is -3.74. The van der Waals surface area contributed by atoms with Gasteiger partial charge in [-0.3, -0.25) is 4.57 Å². The molecule has 1 aromatic heterocycles. The Morgan fingerprint density at radius 3 is 2.50 bits per heavy atom. The minimum Gasteiger partial charge on any atom is -0.461 e. The molecule has 0 radical (unpaired) electrons. The van der Waals surface area contributed by atoms with E-state index in [-0.39, 0.29) is 12.3 Å². The van der Waals surface area contributed by atoms with Crippen LogP contribution in [0, 0.1) is 0 Å². The van der Waals surface area contributed by atoms with Crippen LogP contribution >= 0.6 is 22.4 Å². The van der Waals surface area contributed by atoms with Crippen LogP contribution < -0.4 is 5.46 Å². The number of aromatic nitrogens is 2. The van der Waals surface area contributed by atoms with Gasteiger partial charge >= 0.3 is 12.1 Å². The molecule has 22 heavy (non-hydrogen) atoms. The highest BCUT2D eigenvalue weighted by atomic mass is 127. The fourth-order valence-corrected chi connectivity index (χ4v) is 2.42. The molecule has 0 aliphatic rings. The van der Waals surface area contributed by atoms with Crippen molar-refractivity contribution in [2.75, 3.05) is 6.61 Å². The molecule has 0 amide bonds. The molecule has 116 valence electrons. The van der Waals surface area contributed by atoms with Crippen molar-refractivity contribution in [1.82, 2.24) is 9.55 Å². The third-order valence-corrected chi connectivity index (χ3v) is 3.75. The second-order valence-electron chi connectivity index (χ2n) is 4.33. The molecule has 0 aliphatic heterocycles. The van der Waals surface area contributed by atoms with Crippen molar-refractivity contribution < 1.29 is 22.7 Å². The van der Waals surface area contributed by atoms with Crippen LogP contribution in [0.15, 0.2) is 30.6 Å². The SMILES string of the molecule is CCOC(=O)c1ncn(-c2ccc(BI)cc2)c1C(F)(F)F. The maximum atomic E-state index is 13.3. The zero-order chi connectivity index (χ0) is 16.3. The number of hydrogen-bond acceptors (Lipinski definition) is 3. The Bertz CT molecular complexity index is 671. The van der Waals surface area contributed by atoms with E-state index in [9.17, 15) is 18.0 Å². The van der Waals surface area contributed by atoms with Gasteiger partial charge in [0.05, 0.1) is 6.61 Å². The van der Waals surface area contributed by atoms with Crippen molar-refractivity contribution in [3.63, 3.8) is 0 Å². The van der Waals surface area contributed by atoms with Crippen molar-refractivity contribution in [1.29, 1.82) is 0 Å². The van der Waals surface area contributed by atoms with Gasteiger partial charge in [-0.05, 0) is 19.1 Å². The molecule has 0 bridgehead atoms. The highest BCUT2D eigenvalue weighted by molar-refractivity contribution is 14.1. The van der Waals surface area contributed by atoms with E-state index in [1.165, 1.54) is 6.92 Å². The minimum atomic E-state index is -4.72. The zero-order valence-corrected chi connectivity index (χ0v) is 13.7. The summed E-state index contributed by atoms with van der Waals surface area (Å²) < 4.78 is 45.4. The first-order valence-electron chi connectivity index (χ1n) is 6.35. The largest absolute Gasteiger partial charge is 0.461 e. The number of nitrogens with zero attached hydrogens (tertiary/aromatic N) is 2. The van der Waals surface area contributed by atoms with Gasteiger partial charge in [-0.25, -0.2) is 9.78 Å². The van der Waals surface area contributed by atoms with E-state index >= 15 is 0 Å². The lowest BCUT2D eigenvalue weighted by molar-refractivity contribution is -0.142. The molecule has 0 saturated heterocycles. The molecular weight excluding hydrogens is 411 g/mol. The average molecular weight is 422 g/mol. The van der Waals surface area contributed by atoms with Crippen LogP contribution in [-0.2, 0) is 10.9 Å². The number of carbonyl (C=O) groups excluding carboxylic acids is 1. The third kappa shape index (κ3) is 3.45. The first kappa shape index (κ1) is 16.8. The van der Waals surface area contributed by atoms with Crippen molar-refractivity contribution in [3.05, 3.63) is 42.0 Å². The van der Waals surface area contributed by atoms with E-state index in [4.69, 9.17) is 0 Å². The number of alkyl halides is 3. The zero-order valence-electron chi connectivity index (χ0n) is 11.5. The van der Waals surface area contributed by atoms with Gasteiger partial charge in [0.15, 0.2) is 11.4 Å². The molecule has 4 nitrogen and oxygen atoms in total. The Hall–Kier alpha value is -1.52. The summed E-state index contributed by atoms with van der Waals surface area (Å²) in [5.74, 6) is -1.09. The molecule has 2 rings (SSSR count). The number of imidazole rings is 1. The van der Waals surface area contributed by atoms with Gasteiger partial charge in [-0.2, -0.15) is 13.2 Å². The summed E-state index contributed by atoms with van der Waals surface area (Å²) in [5, 5.41) is 0.752. The standard InChI is InChI=1S/C13H11BF3IN2O2/c1-2-22-12(21)10-11(13(15,16)17)20(7-19-10)9-5-3-8(14-18)4-6-9/h3-7,14H,2H2,1H3. The van der Waals surface area contributed by atoms with Gasteiger partial charge in [-0.1, -0.05) is 17.6 Å². The maximum Gasteiger partial charge on any atom is 0.434 e. The molecule has 0 fully saturated rings. The molecule has 1 heterocycles. The second-order valence-corrected chi connectivity index (χ2v) is 5.09. The molecule has 0 unspecified atom stereocenters. The first-order chi connectivity index (χ1) is 10.4. The number of carbonyl (C=O) groups is 1. The molecule has 0 saturated carbocycles. The number of benzene rings is 1. The number of hydrogen-bond donors (Lipinski definition) is 0. The van der Waals surface area contributed by atoms with Crippen molar-refractivity contribution in [3.8, 4) is 5.69 Å². The van der Waals surface area contributed by atoms with Crippen molar-refractivity contribution >= 4 is 38.9 Å². The molecular formula is C13H11BF3IN2O2. The van der Waals surface area contributed by atoms with Gasteiger partial charge in [0, 0.05) is 5.69 Å². The first-order valence-corrected chi connectivity index (χ1v) is 7.88. The minimum absolute atomic E-state index is 0.0205. The molecule has 2 aromatic rings. The summed E-state index contributed by atoms with van der Waals surface area (Å²) >= 11 is 2.16. The van der Waals surface area contributed by atoms with Crippen LogP contribution in [0.4, 0.5) is 13.2 Å². The lowest BCUT2D eigenvalue weighted by Gasteiger charge is -2.13. The lowest BCUT2D eigenvalue weighted by Crippen LogP contribution is -2.18. The Labute approximate surface area is 138 Å². The number of rotatable bonds is 4. The number of esters is 1. The van der Waals surface area contributed by atoms with Crippen LogP contribution in [0.3, 0.4) is 0 Å². The summed E-state index contributed by atoms with van der Waals surface area (Å²) in [7, 11) is 0. The van der Waals surface area contributed by atoms with E-state index < -0.39 is 23.5 Å². The molecule has 0 aliphatic carbocycles. The molecule has 0 spiro atoms. The fraction of sp³-hybridized carbons (Fsp3) is 0.231. The van der Waals surface area contributed by atoms with Crippen LogP contribution in [0.25, 0.3) is 5.69 Å². The van der Waals surface area contributed by atoms with Crippen LogP contribution in [-0.4, -0.2) is 27.3 Å². The summed E-state index contributed by atoms with van der Waals surface area (Å²) in [4.78, 5) is 15.2. The predicted molar refractivity (Wildman–Crippen MR) is 85.3 cm³/mol. The third-order valence-electron chi connectivity index (χ3n) is 2.87. The van der Waals surface area contributed by atoms with Gasteiger partial charge < -0.3 is 4.74 Å². The second kappa shape index (κ2) is 6.72. The van der Waals surface area contributed by atoms with Gasteiger partial charge in [0.1, 0.15) is 6.33 Å². The van der Waals surface area contributed by atoms with E-state index in [0.717, 1.165) is 21.5 Å². The fourth-order valence-electron chi connectivity index (χ4n) is 1.91. The number of halogens is 4. The van der Waals surface area contributed by atoms with E-state index in [1.807, 2.05) is 0 Å². The van der Waals surface area contributed by atoms with Gasteiger partial charge in [0.2, 0.25) is 5.14 Å². The quantitative estimate of drug-likeness (QED) is 0.433. The monoisotopic (exact) mass is 422 g/mol. The predicted octanol–water partition coefficient (Wildman–Crippen LogP) is 2.48. The average Bonchev–Trinajstić information content (AvgIpc) is 2.92. The van der Waals surface area contributed by atoms with Crippen molar-refractivity contribution in [2.24, 2.45) is 0 Å². The van der Waals surface area contributed by atoms with E-state index in [2.05, 4.69) is 32.1 Å². The highest BCUT2D eigenvalue weighted by Gasteiger charge is 2.41. The molecule has 9 heteroatoms. The molecule has 1 aromatic carbocycles. The van der Waals surface area contributed by atoms with E-state index in [1.54, 1.807) is 24.3 Å². The van der Waals surface area contributed by atoms with Gasteiger partial charge in [0.25, 0.3) is 0 Å². The van der Waals surface area contributed by atoms with Crippen molar-refractivity contribution in [2.45, 2.75) is 13.1 Å². The Morgan fingerprint density at radius 1 is 1.36 bits per heavy atom. The Morgan fingerprint density at radius 2 is 2.00 bits per heavy atom. The van der Waals surface area contributed by atoms with Crippen LogP contribution in [0.1, 0.15) is 23.1 Å². The van der Waals surface area contributed by atoms with Crippen LogP contribution in [0.2, 0.25) is 0 Å². The topological polar surface area (TPSA) is 44.1 Å². The lowest BCUT2D eigenvalue weighted by atomic mass is 9.96. The Kier molecular flexibility index (Phi) is 5.14. The highest BCUT2D eigenvalue weighted by Crippen LogP contribution is 2.33. The summed E-state index contributed by atoms with van der Waals surface area (Å²) in [5.41, 5.74) is -0.590. The van der Waals surface area contributed by atoms with E-state index in [0.29, 0.717) is 0 Å². The smallest absolute Gasteiger partial charge is 0.434 e. The summed E-state index contributed by atoms with van der Waals surface area (Å²) in [6, 6.07) is 6.57. The normalized spacial score (nSPS) is 11.3. The van der Waals surface area contributed by atoms with Gasteiger partial charge in [-0.15, -0.1) is 22.4 Å². The number of ether oxygens (including phenoxy) is 1.